The summed E-state index contributed by atoms with van der Waals surface area (Å²) in [7, 11) is 1.82. The Morgan fingerprint density at radius 1 is 1.37 bits per heavy atom. The Morgan fingerprint density at radius 3 is 2.37 bits per heavy atom. The first-order chi connectivity index (χ1) is 8.73. The van der Waals surface area contributed by atoms with Gasteiger partial charge in [0.25, 0.3) is 0 Å². The van der Waals surface area contributed by atoms with E-state index >= 15 is 0 Å². The number of nitrogens with zero attached hydrogens (tertiary/aromatic N) is 2. The molecule has 0 aliphatic heterocycles. The van der Waals surface area contributed by atoms with Crippen molar-refractivity contribution < 1.29 is 4.79 Å². The van der Waals surface area contributed by atoms with Crippen LogP contribution in [0.5, 0.6) is 0 Å². The molecule has 2 atom stereocenters. The number of carbonyl (C=O) groups excluding carboxylic acids is 1. The summed E-state index contributed by atoms with van der Waals surface area (Å²) in [4.78, 5) is 18.0. The largest absolute Gasteiger partial charge is 0.339 e. The molecule has 0 aliphatic carbocycles. The number of amides is 1. The first-order valence-corrected chi connectivity index (χ1v) is 6.64. The second-order valence-electron chi connectivity index (χ2n) is 6.14. The molecule has 1 amide bonds. The van der Waals surface area contributed by atoms with Crippen molar-refractivity contribution in [2.24, 2.45) is 11.1 Å². The van der Waals surface area contributed by atoms with E-state index in [2.05, 4.69) is 25.8 Å². The third kappa shape index (κ3) is 4.31. The van der Waals surface area contributed by atoms with Crippen LogP contribution in [0.2, 0.25) is 0 Å². The van der Waals surface area contributed by atoms with Gasteiger partial charge >= 0.3 is 0 Å². The summed E-state index contributed by atoms with van der Waals surface area (Å²) in [6.45, 7) is 8.17. The highest BCUT2D eigenvalue weighted by Crippen LogP contribution is 2.23. The molecule has 2 N–H and O–H groups in total. The smallest absolute Gasteiger partial charge is 0.224 e. The van der Waals surface area contributed by atoms with Gasteiger partial charge in [0.2, 0.25) is 5.91 Å². The molecule has 19 heavy (non-hydrogen) atoms. The molecule has 1 heterocycles. The van der Waals surface area contributed by atoms with E-state index in [9.17, 15) is 4.79 Å². The molecule has 0 aliphatic rings. The van der Waals surface area contributed by atoms with Gasteiger partial charge in [0.05, 0.1) is 6.04 Å². The van der Waals surface area contributed by atoms with Crippen LogP contribution in [0.3, 0.4) is 0 Å². The molecule has 1 aromatic rings. The minimum atomic E-state index is -0.132. The SMILES string of the molecule is CC(c1ccncc1)N(C)C(=O)CC(N)C(C)(C)C. The Bertz CT molecular complexity index is 411. The molecule has 0 radical (unpaired) electrons. The summed E-state index contributed by atoms with van der Waals surface area (Å²) < 4.78 is 0. The lowest BCUT2D eigenvalue weighted by molar-refractivity contribution is -0.132. The second kappa shape index (κ2) is 6.15. The number of hydrogen-bond donors (Lipinski definition) is 1. The number of rotatable bonds is 4. The molecule has 2 unspecified atom stereocenters. The Kier molecular flexibility index (Phi) is 5.06. The molecule has 0 saturated heterocycles. The van der Waals surface area contributed by atoms with E-state index < -0.39 is 0 Å². The maximum atomic E-state index is 12.2. The fourth-order valence-electron chi connectivity index (χ4n) is 1.72. The van der Waals surface area contributed by atoms with Crippen LogP contribution >= 0.6 is 0 Å². The Morgan fingerprint density at radius 2 is 1.89 bits per heavy atom. The topological polar surface area (TPSA) is 59.2 Å². The summed E-state index contributed by atoms with van der Waals surface area (Å²) in [6.07, 6.45) is 3.85. The van der Waals surface area contributed by atoms with E-state index in [1.54, 1.807) is 17.3 Å². The molecule has 0 fully saturated rings. The number of pyridine rings is 1. The van der Waals surface area contributed by atoms with Gasteiger partial charge in [-0.1, -0.05) is 20.8 Å². The first kappa shape index (κ1) is 15.6. The van der Waals surface area contributed by atoms with Crippen LogP contribution in [0, 0.1) is 5.41 Å². The lowest BCUT2D eigenvalue weighted by atomic mass is 9.85. The summed E-state index contributed by atoms with van der Waals surface area (Å²) in [5.41, 5.74) is 7.09. The average molecular weight is 263 g/mol. The Labute approximate surface area is 116 Å². The Hall–Kier alpha value is -1.42. The van der Waals surface area contributed by atoms with Gasteiger partial charge in [-0.25, -0.2) is 0 Å². The van der Waals surface area contributed by atoms with Crippen LogP contribution in [0.25, 0.3) is 0 Å². The zero-order valence-corrected chi connectivity index (χ0v) is 12.6. The molecule has 4 heteroatoms. The van der Waals surface area contributed by atoms with Gasteiger partial charge in [0.15, 0.2) is 0 Å². The van der Waals surface area contributed by atoms with Crippen molar-refractivity contribution >= 4 is 5.91 Å². The highest BCUT2D eigenvalue weighted by Gasteiger charge is 2.26. The van der Waals surface area contributed by atoms with Crippen LogP contribution in [0.1, 0.15) is 45.7 Å². The minimum absolute atomic E-state index is 0.0302. The van der Waals surface area contributed by atoms with Gasteiger partial charge in [-0.15, -0.1) is 0 Å². The van der Waals surface area contributed by atoms with Crippen LogP contribution in [-0.2, 0) is 4.79 Å². The van der Waals surface area contributed by atoms with Gasteiger partial charge < -0.3 is 10.6 Å². The Balaban J connectivity index is 2.68. The fraction of sp³-hybridized carbons (Fsp3) is 0.600. The zero-order chi connectivity index (χ0) is 14.6. The first-order valence-electron chi connectivity index (χ1n) is 6.64. The predicted octanol–water partition coefficient (Wildman–Crippen LogP) is 2.36. The molecule has 0 saturated carbocycles. The van der Waals surface area contributed by atoms with E-state index in [-0.39, 0.29) is 23.4 Å². The van der Waals surface area contributed by atoms with E-state index in [0.29, 0.717) is 6.42 Å². The van der Waals surface area contributed by atoms with Crippen molar-refractivity contribution in [2.45, 2.75) is 46.2 Å². The molecule has 0 spiro atoms. The highest BCUT2D eigenvalue weighted by atomic mass is 16.2. The van der Waals surface area contributed by atoms with E-state index in [0.717, 1.165) is 5.56 Å². The normalized spacial score (nSPS) is 14.8. The maximum absolute atomic E-state index is 12.2. The zero-order valence-electron chi connectivity index (χ0n) is 12.6. The van der Waals surface area contributed by atoms with Crippen molar-refractivity contribution in [3.8, 4) is 0 Å². The minimum Gasteiger partial charge on any atom is -0.339 e. The average Bonchev–Trinajstić information content (AvgIpc) is 2.36. The van der Waals surface area contributed by atoms with Crippen LogP contribution < -0.4 is 5.73 Å². The third-order valence-electron chi connectivity index (χ3n) is 3.67. The predicted molar refractivity (Wildman–Crippen MR) is 77.5 cm³/mol. The fourth-order valence-corrected chi connectivity index (χ4v) is 1.72. The molecule has 4 nitrogen and oxygen atoms in total. The van der Waals surface area contributed by atoms with Gasteiger partial charge in [0.1, 0.15) is 0 Å². The molecular formula is C15H25N3O. The van der Waals surface area contributed by atoms with E-state index in [1.165, 1.54) is 0 Å². The van der Waals surface area contributed by atoms with Gasteiger partial charge in [-0.05, 0) is 30.0 Å². The number of aromatic nitrogens is 1. The van der Waals surface area contributed by atoms with Crippen LogP contribution in [-0.4, -0.2) is 28.9 Å². The van der Waals surface area contributed by atoms with Crippen molar-refractivity contribution in [3.63, 3.8) is 0 Å². The second-order valence-corrected chi connectivity index (χ2v) is 6.14. The third-order valence-corrected chi connectivity index (χ3v) is 3.67. The van der Waals surface area contributed by atoms with Crippen molar-refractivity contribution in [2.75, 3.05) is 7.05 Å². The maximum Gasteiger partial charge on any atom is 0.224 e. The monoisotopic (exact) mass is 263 g/mol. The lowest BCUT2D eigenvalue weighted by Gasteiger charge is -2.30. The van der Waals surface area contributed by atoms with E-state index in [4.69, 9.17) is 5.73 Å². The molecule has 0 bridgehead atoms. The number of hydrogen-bond acceptors (Lipinski definition) is 3. The summed E-state index contributed by atoms with van der Waals surface area (Å²) >= 11 is 0. The van der Waals surface area contributed by atoms with Gasteiger partial charge in [-0.3, -0.25) is 9.78 Å². The molecule has 106 valence electrons. The molecule has 1 aromatic heterocycles. The number of nitrogens with two attached hydrogens (primary N) is 1. The molecular weight excluding hydrogens is 238 g/mol. The molecule has 0 aromatic carbocycles. The van der Waals surface area contributed by atoms with Crippen molar-refractivity contribution in [1.82, 2.24) is 9.88 Å². The molecule has 1 rings (SSSR count). The van der Waals surface area contributed by atoms with Gasteiger partial charge in [0, 0.05) is 31.9 Å². The van der Waals surface area contributed by atoms with Gasteiger partial charge in [-0.2, -0.15) is 0 Å². The standard InChI is InChI=1S/C15H25N3O/c1-11(12-6-8-17-9-7-12)18(5)14(19)10-13(16)15(2,3)4/h6-9,11,13H,10,16H2,1-5H3. The summed E-state index contributed by atoms with van der Waals surface area (Å²) in [6, 6.07) is 3.76. The van der Waals surface area contributed by atoms with E-state index in [1.807, 2.05) is 26.1 Å². The highest BCUT2D eigenvalue weighted by molar-refractivity contribution is 5.77. The summed E-state index contributed by atoms with van der Waals surface area (Å²) in [5.74, 6) is 0.0757. The van der Waals surface area contributed by atoms with Crippen molar-refractivity contribution in [1.29, 1.82) is 0 Å². The number of carbonyl (C=O) groups is 1. The quantitative estimate of drug-likeness (QED) is 0.907. The summed E-state index contributed by atoms with van der Waals surface area (Å²) in [5, 5.41) is 0. The lowest BCUT2D eigenvalue weighted by Crippen LogP contribution is -2.41. The van der Waals surface area contributed by atoms with Crippen LogP contribution in [0.15, 0.2) is 24.5 Å². The van der Waals surface area contributed by atoms with Crippen LogP contribution in [0.4, 0.5) is 0 Å². The van der Waals surface area contributed by atoms with Crippen molar-refractivity contribution in [3.05, 3.63) is 30.1 Å².